The Morgan fingerprint density at radius 1 is 0.650 bits per heavy atom. The number of fused-ring (bicyclic) bond motifs is 11. The highest BCUT2D eigenvalue weighted by Gasteiger charge is 2.44. The second kappa shape index (κ2) is 7.41. The van der Waals surface area contributed by atoms with Gasteiger partial charge in [0.2, 0.25) is 0 Å². The van der Waals surface area contributed by atoms with Gasteiger partial charge in [-0.1, -0.05) is 72.8 Å². The van der Waals surface area contributed by atoms with Crippen molar-refractivity contribution in [2.45, 2.75) is 0 Å². The van der Waals surface area contributed by atoms with Crippen LogP contribution in [0.3, 0.4) is 0 Å². The van der Waals surface area contributed by atoms with Crippen LogP contribution in [0, 0.1) is 0 Å². The van der Waals surface area contributed by atoms with Crippen molar-refractivity contribution in [3.8, 4) is 11.3 Å². The van der Waals surface area contributed by atoms with Crippen LogP contribution < -0.4 is 15.8 Å². The summed E-state index contributed by atoms with van der Waals surface area (Å²) in [7, 11) is 0. The first-order valence-electron chi connectivity index (χ1n) is 13.7. The summed E-state index contributed by atoms with van der Waals surface area (Å²) in [4.78, 5) is 7.62. The minimum Gasteiger partial charge on any atom is -0.374 e. The molecule has 0 N–H and O–H groups in total. The number of hydrogen-bond donors (Lipinski definition) is 0. The Labute approximate surface area is 234 Å². The maximum Gasteiger partial charge on any atom is 0.333 e. The summed E-state index contributed by atoms with van der Waals surface area (Å²) in [5, 5.41) is 5.17. The van der Waals surface area contributed by atoms with Gasteiger partial charge in [0, 0.05) is 65.3 Å². The molecule has 0 unspecified atom stereocenters. The van der Waals surface area contributed by atoms with Crippen molar-refractivity contribution in [3.63, 3.8) is 0 Å². The van der Waals surface area contributed by atoms with E-state index in [1.54, 1.807) is 0 Å². The molecule has 8 aromatic rings. The van der Waals surface area contributed by atoms with Crippen LogP contribution in [0.15, 0.2) is 121 Å². The van der Waals surface area contributed by atoms with Crippen molar-refractivity contribution in [2.24, 2.45) is 0 Å². The largest absolute Gasteiger partial charge is 0.374 e. The van der Waals surface area contributed by atoms with Gasteiger partial charge < -0.3 is 9.38 Å². The molecule has 2 aliphatic heterocycles. The topological polar surface area (TPSA) is 21.1 Å². The lowest BCUT2D eigenvalue weighted by atomic mass is 9.45. The second-order valence-corrected chi connectivity index (χ2v) is 11.8. The maximum absolute atomic E-state index is 5.15. The number of hydrogen-bond acceptors (Lipinski definition) is 3. The molecule has 0 saturated heterocycles. The quantitative estimate of drug-likeness (QED) is 0.203. The molecule has 0 bridgehead atoms. The van der Waals surface area contributed by atoms with Gasteiger partial charge in [0.25, 0.3) is 0 Å². The highest BCUT2D eigenvalue weighted by Crippen LogP contribution is 2.49. The number of anilines is 3. The first kappa shape index (κ1) is 21.0. The molecule has 184 valence electrons. The van der Waals surface area contributed by atoms with Crippen LogP contribution in [0.25, 0.3) is 53.2 Å². The van der Waals surface area contributed by atoms with Crippen molar-refractivity contribution < 1.29 is 0 Å². The van der Waals surface area contributed by atoms with Gasteiger partial charge in [0.1, 0.15) is 0 Å². The lowest BCUT2D eigenvalue weighted by molar-refractivity contribution is 1.24. The Morgan fingerprint density at radius 2 is 1.43 bits per heavy atom. The molecule has 5 aromatic carbocycles. The van der Waals surface area contributed by atoms with E-state index in [-0.39, 0.29) is 6.85 Å². The molecule has 5 heteroatoms. The molecule has 0 aliphatic carbocycles. The monoisotopic (exact) mass is 525 g/mol. The van der Waals surface area contributed by atoms with Crippen LogP contribution >= 0.6 is 11.3 Å². The normalized spacial score (nSPS) is 13.4. The molecule has 3 nitrogen and oxygen atoms in total. The number of para-hydroxylation sites is 3. The number of aromatic nitrogens is 2. The highest BCUT2D eigenvalue weighted by atomic mass is 32.1. The first-order chi connectivity index (χ1) is 19.9. The van der Waals surface area contributed by atoms with Gasteiger partial charge >= 0.3 is 6.85 Å². The van der Waals surface area contributed by atoms with E-state index in [9.17, 15) is 0 Å². The van der Waals surface area contributed by atoms with Crippen molar-refractivity contribution in [2.75, 3.05) is 4.90 Å². The summed E-state index contributed by atoms with van der Waals surface area (Å²) in [6, 6.07) is 42.1. The fraction of sp³-hybridized carbons (Fsp3) is 0. The zero-order valence-electron chi connectivity index (χ0n) is 21.4. The average Bonchev–Trinajstić information content (AvgIpc) is 3.56. The van der Waals surface area contributed by atoms with Crippen LogP contribution in [0.4, 0.5) is 17.1 Å². The van der Waals surface area contributed by atoms with Crippen LogP contribution in [0.5, 0.6) is 0 Å². The fourth-order valence-electron chi connectivity index (χ4n) is 7.29. The number of nitrogens with zero attached hydrogens (tertiary/aromatic N) is 3. The molecule has 0 spiro atoms. The van der Waals surface area contributed by atoms with Crippen molar-refractivity contribution in [3.05, 3.63) is 121 Å². The van der Waals surface area contributed by atoms with E-state index < -0.39 is 0 Å². The zero-order valence-corrected chi connectivity index (χ0v) is 22.2. The molecule has 0 amide bonds. The smallest absolute Gasteiger partial charge is 0.333 e. The summed E-state index contributed by atoms with van der Waals surface area (Å²) in [6.07, 6.45) is 2.00. The van der Waals surface area contributed by atoms with E-state index in [1.807, 2.05) is 17.5 Å². The number of thiophene rings is 1. The molecule has 0 radical (unpaired) electrons. The molecule has 3 aromatic heterocycles. The standard InChI is InChI=1S/C35H20BN3S/c1-2-10-21(11-3-1)38-28-16-8-6-14-26(28)36-32-29(38)20-25-23-13-5-9-17-30(23)40-35(25)31(32)33-34-24(18-19-37-33)22-12-4-7-15-27(22)39(34)36/h1-20H. The predicted octanol–water partition coefficient (Wildman–Crippen LogP) is 7.98. The molecule has 0 saturated carbocycles. The number of benzene rings is 5. The predicted molar refractivity (Wildman–Crippen MR) is 171 cm³/mol. The Hall–Kier alpha value is -4.87. The summed E-state index contributed by atoms with van der Waals surface area (Å²) in [6.45, 7) is 0.0508. The molecular weight excluding hydrogens is 505 g/mol. The third-order valence-electron chi connectivity index (χ3n) is 8.80. The summed E-state index contributed by atoms with van der Waals surface area (Å²) < 4.78 is 5.21. The minimum absolute atomic E-state index is 0.0508. The maximum atomic E-state index is 5.15. The van der Waals surface area contributed by atoms with Gasteiger partial charge in [-0.15, -0.1) is 11.3 Å². The van der Waals surface area contributed by atoms with Crippen molar-refractivity contribution >= 4 is 88.2 Å². The van der Waals surface area contributed by atoms with Gasteiger partial charge in [-0.25, -0.2) is 0 Å². The Balaban J connectivity index is 1.49. The van der Waals surface area contributed by atoms with Gasteiger partial charge in [-0.2, -0.15) is 0 Å². The highest BCUT2D eigenvalue weighted by molar-refractivity contribution is 7.26. The van der Waals surface area contributed by atoms with Gasteiger partial charge in [-0.3, -0.25) is 4.98 Å². The van der Waals surface area contributed by atoms with Crippen LogP contribution in [0.1, 0.15) is 0 Å². The molecular formula is C35H20BN3S. The summed E-state index contributed by atoms with van der Waals surface area (Å²) in [5.74, 6) is 0. The summed E-state index contributed by atoms with van der Waals surface area (Å²) >= 11 is 1.90. The van der Waals surface area contributed by atoms with E-state index in [0.717, 1.165) is 5.69 Å². The van der Waals surface area contributed by atoms with Crippen LogP contribution in [-0.2, 0) is 0 Å². The fourth-order valence-corrected chi connectivity index (χ4v) is 8.53. The van der Waals surface area contributed by atoms with Crippen molar-refractivity contribution in [1.29, 1.82) is 0 Å². The third kappa shape index (κ3) is 2.45. The molecule has 0 fully saturated rings. The Bertz CT molecular complexity index is 2350. The molecule has 10 rings (SSSR count). The molecule has 5 heterocycles. The minimum atomic E-state index is 0.0508. The average molecular weight is 525 g/mol. The Morgan fingerprint density at radius 3 is 2.35 bits per heavy atom. The third-order valence-corrected chi connectivity index (χ3v) is 10.0. The first-order valence-corrected chi connectivity index (χ1v) is 14.5. The second-order valence-electron chi connectivity index (χ2n) is 10.7. The Kier molecular flexibility index (Phi) is 3.89. The lowest BCUT2D eigenvalue weighted by Crippen LogP contribution is -2.56. The van der Waals surface area contributed by atoms with E-state index >= 15 is 0 Å². The van der Waals surface area contributed by atoms with Gasteiger partial charge in [0.15, 0.2) is 0 Å². The van der Waals surface area contributed by atoms with Crippen LogP contribution in [0.2, 0.25) is 0 Å². The molecule has 0 atom stereocenters. The molecule has 40 heavy (non-hydrogen) atoms. The molecule has 2 aliphatic rings. The van der Waals surface area contributed by atoms with Gasteiger partial charge in [0.05, 0.1) is 11.2 Å². The zero-order chi connectivity index (χ0) is 25.9. The van der Waals surface area contributed by atoms with Crippen LogP contribution in [-0.4, -0.2) is 16.3 Å². The lowest BCUT2D eigenvalue weighted by Gasteiger charge is -2.40. The SMILES string of the molecule is c1ccc(N2c3ccccc3B3c4c2cc2c(sc5ccccc52)c4-c2nccc4c5ccccc5n3c24)cc1. The van der Waals surface area contributed by atoms with E-state index in [4.69, 9.17) is 4.98 Å². The number of rotatable bonds is 1. The summed E-state index contributed by atoms with van der Waals surface area (Å²) in [5.41, 5.74) is 11.2. The van der Waals surface area contributed by atoms with E-state index in [1.165, 1.54) is 75.5 Å². The number of pyridine rings is 1. The van der Waals surface area contributed by atoms with E-state index in [0.29, 0.717) is 0 Å². The van der Waals surface area contributed by atoms with Crippen molar-refractivity contribution in [1.82, 2.24) is 9.46 Å². The van der Waals surface area contributed by atoms with E-state index in [2.05, 4.69) is 125 Å². The van der Waals surface area contributed by atoms with Gasteiger partial charge in [-0.05, 0) is 53.4 Å².